The van der Waals surface area contributed by atoms with E-state index in [1.54, 1.807) is 22.8 Å². The second-order valence-electron chi connectivity index (χ2n) is 4.70. The quantitative estimate of drug-likeness (QED) is 0.560. The van der Waals surface area contributed by atoms with Gasteiger partial charge in [0.15, 0.2) is 5.76 Å². The maximum Gasteiger partial charge on any atom is 0.217 e. The number of benzene rings is 1. The normalized spacial score (nSPS) is 10.4. The molecule has 0 bridgehead atoms. The number of fused-ring (bicyclic) bond motifs is 1. The maximum atomic E-state index is 12.2. The number of hydrogen-bond donors (Lipinski definition) is 1. The Morgan fingerprint density at radius 1 is 1.18 bits per heavy atom. The first-order valence-electron chi connectivity index (χ1n) is 6.62. The van der Waals surface area contributed by atoms with Crippen LogP contribution in [0.2, 0.25) is 0 Å². The fourth-order valence-electron chi connectivity index (χ4n) is 2.43. The van der Waals surface area contributed by atoms with Crippen molar-refractivity contribution >= 4 is 33.8 Å². The summed E-state index contributed by atoms with van der Waals surface area (Å²) in [4.78, 5) is 12.2. The van der Waals surface area contributed by atoms with Gasteiger partial charge in [-0.2, -0.15) is 0 Å². The first-order chi connectivity index (χ1) is 10.2. The van der Waals surface area contributed by atoms with Crippen molar-refractivity contribution in [1.82, 2.24) is 9.13 Å². The number of Topliss-reactive ketones (excluding diaryl/α,β-unsaturated/α-hetero) is 1. The summed E-state index contributed by atoms with van der Waals surface area (Å²) < 4.78 is 8.63. The number of nitrogens with one attached hydrogen (secondary N) is 1. The number of imidazole rings is 1. The Morgan fingerprint density at radius 3 is 2.45 bits per heavy atom. The number of carbonyl (C=O) groups is 1. The number of furan rings is 1. The number of carbonyl (C=O) groups excluding carboxylic acids is 1. The molecule has 3 rings (SSSR count). The van der Waals surface area contributed by atoms with Crippen LogP contribution in [0.15, 0.2) is 59.7 Å². The van der Waals surface area contributed by atoms with E-state index >= 15 is 0 Å². The van der Waals surface area contributed by atoms with Crippen molar-refractivity contribution in [3.8, 4) is 0 Å². The van der Waals surface area contributed by atoms with Crippen molar-refractivity contribution in [2.24, 2.45) is 0 Å². The lowest BCUT2D eigenvalue weighted by Gasteiger charge is -2.02. The van der Waals surface area contributed by atoms with Crippen LogP contribution in [-0.4, -0.2) is 14.9 Å². The van der Waals surface area contributed by atoms with Gasteiger partial charge in [0.05, 0.1) is 23.8 Å². The Balaban J connectivity index is 0.00000176. The number of ketones is 1. The molecule has 0 radical (unpaired) electrons. The molecule has 0 saturated carbocycles. The van der Waals surface area contributed by atoms with Crippen LogP contribution >= 0.6 is 17.0 Å². The second-order valence-corrected chi connectivity index (χ2v) is 4.70. The summed E-state index contributed by atoms with van der Waals surface area (Å²) in [5.74, 6) is 0.155. The van der Waals surface area contributed by atoms with E-state index in [1.807, 2.05) is 28.8 Å². The van der Waals surface area contributed by atoms with E-state index < -0.39 is 0 Å². The Bertz CT molecular complexity index is 859. The lowest BCUT2D eigenvalue weighted by molar-refractivity contribution is 0.0944. The molecular formula is C16H16BrN3O2. The first kappa shape index (κ1) is 16.0. The average molecular weight is 362 g/mol. The van der Waals surface area contributed by atoms with Crippen LogP contribution in [-0.2, 0) is 13.1 Å². The summed E-state index contributed by atoms with van der Waals surface area (Å²) >= 11 is 0. The summed E-state index contributed by atoms with van der Waals surface area (Å²) in [6.45, 7) is 4.33. The summed E-state index contributed by atoms with van der Waals surface area (Å²) in [5.41, 5.74) is 2.04. The maximum absolute atomic E-state index is 12.2. The van der Waals surface area contributed by atoms with Gasteiger partial charge in [0, 0.05) is 6.54 Å². The van der Waals surface area contributed by atoms with Crippen molar-refractivity contribution in [3.63, 3.8) is 0 Å². The summed E-state index contributed by atoms with van der Waals surface area (Å²) in [6, 6.07) is 11.0. The number of allylic oxidation sites excluding steroid dienone is 1. The zero-order valence-corrected chi connectivity index (χ0v) is 13.6. The minimum Gasteiger partial charge on any atom is -0.461 e. The predicted molar refractivity (Wildman–Crippen MR) is 89.3 cm³/mol. The lowest BCUT2D eigenvalue weighted by atomic mass is 10.3. The van der Waals surface area contributed by atoms with Gasteiger partial charge in [0.1, 0.15) is 0 Å². The van der Waals surface area contributed by atoms with E-state index in [4.69, 9.17) is 9.83 Å². The Labute approximate surface area is 137 Å². The predicted octanol–water partition coefficient (Wildman–Crippen LogP) is 3.16. The summed E-state index contributed by atoms with van der Waals surface area (Å²) in [6.07, 6.45) is 3.21. The highest BCUT2D eigenvalue weighted by Crippen LogP contribution is 2.14. The SMILES string of the molecule is Br.C=CCn1c(=N)n(CC(=O)c2ccco2)c2ccccc21. The Hall–Kier alpha value is -2.34. The first-order valence-corrected chi connectivity index (χ1v) is 6.62. The van der Waals surface area contributed by atoms with Gasteiger partial charge < -0.3 is 13.6 Å². The number of hydrogen-bond acceptors (Lipinski definition) is 3. The molecule has 114 valence electrons. The van der Waals surface area contributed by atoms with Gasteiger partial charge in [-0.05, 0) is 24.3 Å². The van der Waals surface area contributed by atoms with Crippen LogP contribution in [0.4, 0.5) is 0 Å². The average Bonchev–Trinajstić information content (AvgIpc) is 3.11. The Morgan fingerprint density at radius 2 is 1.86 bits per heavy atom. The highest BCUT2D eigenvalue weighted by Gasteiger charge is 2.15. The van der Waals surface area contributed by atoms with E-state index in [-0.39, 0.29) is 34.9 Å². The van der Waals surface area contributed by atoms with E-state index in [0.29, 0.717) is 12.3 Å². The summed E-state index contributed by atoms with van der Waals surface area (Å²) in [7, 11) is 0. The molecule has 0 amide bonds. The van der Waals surface area contributed by atoms with Crippen LogP contribution in [0.25, 0.3) is 11.0 Å². The number of nitrogens with zero attached hydrogens (tertiary/aromatic N) is 2. The van der Waals surface area contributed by atoms with Crippen molar-refractivity contribution in [1.29, 1.82) is 5.41 Å². The zero-order valence-electron chi connectivity index (χ0n) is 11.9. The fourth-order valence-corrected chi connectivity index (χ4v) is 2.43. The van der Waals surface area contributed by atoms with Crippen molar-refractivity contribution in [3.05, 3.63) is 66.7 Å². The highest BCUT2D eigenvalue weighted by molar-refractivity contribution is 8.93. The van der Waals surface area contributed by atoms with Gasteiger partial charge in [-0.1, -0.05) is 18.2 Å². The highest BCUT2D eigenvalue weighted by atomic mass is 79.9. The fraction of sp³-hybridized carbons (Fsp3) is 0.125. The number of halogens is 1. The minimum absolute atomic E-state index is 0. The van der Waals surface area contributed by atoms with Crippen LogP contribution < -0.4 is 5.62 Å². The van der Waals surface area contributed by atoms with Crippen LogP contribution in [0, 0.1) is 5.41 Å². The van der Waals surface area contributed by atoms with Crippen molar-refractivity contribution in [2.45, 2.75) is 13.1 Å². The molecule has 6 heteroatoms. The third-order valence-corrected chi connectivity index (χ3v) is 3.38. The molecule has 0 unspecified atom stereocenters. The van der Waals surface area contributed by atoms with Crippen molar-refractivity contribution in [2.75, 3.05) is 0 Å². The molecule has 22 heavy (non-hydrogen) atoms. The minimum atomic E-state index is -0.153. The molecule has 1 aromatic carbocycles. The lowest BCUT2D eigenvalue weighted by Crippen LogP contribution is -2.27. The van der Waals surface area contributed by atoms with Gasteiger partial charge in [0.2, 0.25) is 11.4 Å². The molecule has 0 saturated heterocycles. The van der Waals surface area contributed by atoms with Crippen LogP contribution in [0.1, 0.15) is 10.6 Å². The molecule has 5 nitrogen and oxygen atoms in total. The van der Waals surface area contributed by atoms with E-state index in [9.17, 15) is 4.79 Å². The smallest absolute Gasteiger partial charge is 0.217 e. The van der Waals surface area contributed by atoms with Gasteiger partial charge >= 0.3 is 0 Å². The second kappa shape index (κ2) is 6.62. The zero-order chi connectivity index (χ0) is 14.8. The van der Waals surface area contributed by atoms with E-state index in [0.717, 1.165) is 11.0 Å². The molecule has 0 aliphatic carbocycles. The van der Waals surface area contributed by atoms with Gasteiger partial charge in [0.25, 0.3) is 0 Å². The largest absolute Gasteiger partial charge is 0.461 e. The van der Waals surface area contributed by atoms with Gasteiger partial charge in [-0.15, -0.1) is 23.6 Å². The molecule has 0 atom stereocenters. The number of rotatable bonds is 5. The molecule has 2 aromatic heterocycles. The third-order valence-electron chi connectivity index (χ3n) is 3.38. The number of para-hydroxylation sites is 2. The monoisotopic (exact) mass is 361 g/mol. The van der Waals surface area contributed by atoms with Gasteiger partial charge in [-0.3, -0.25) is 10.2 Å². The third kappa shape index (κ3) is 2.69. The van der Waals surface area contributed by atoms with Crippen molar-refractivity contribution < 1.29 is 9.21 Å². The molecule has 2 heterocycles. The topological polar surface area (TPSA) is 63.9 Å². The molecular weight excluding hydrogens is 346 g/mol. The standard InChI is InChI=1S/C16H15N3O2.BrH/c1-2-9-18-12-6-3-4-7-13(12)19(16(18)17)11-14(20)15-8-5-10-21-15;/h2-8,10,17H,1,9,11H2;1H. The van der Waals surface area contributed by atoms with Crippen LogP contribution in [0.3, 0.4) is 0 Å². The van der Waals surface area contributed by atoms with Gasteiger partial charge in [-0.25, -0.2) is 0 Å². The molecule has 0 fully saturated rings. The molecule has 1 N–H and O–H groups in total. The number of aromatic nitrogens is 2. The molecule has 0 spiro atoms. The molecule has 0 aliphatic heterocycles. The molecule has 0 aliphatic rings. The van der Waals surface area contributed by atoms with Crippen LogP contribution in [0.5, 0.6) is 0 Å². The Kier molecular flexibility index (Phi) is 4.82. The van der Waals surface area contributed by atoms with E-state index in [1.165, 1.54) is 6.26 Å². The summed E-state index contributed by atoms with van der Waals surface area (Å²) in [5, 5.41) is 8.29. The molecule has 3 aromatic rings. The van der Waals surface area contributed by atoms with E-state index in [2.05, 4.69) is 6.58 Å².